The number of carboxylic acid groups (broad SMARTS) is 1. The standard InChI is InChI=1S/C34H40N4O5/c1-34(2,3)30-16-23(14-15-38(30)33(39)40)25-17-27(37-32(36)26(25)18-35)31-28(42-19-21-8-9-21)6-5-7-29(31)43-20-22-10-12-24(41-4)13-11-22/h5-7,10-13,17,21,23,30H,8-9,14-16,19-20H2,1-4H3,(H2,36,37)(H,39,40)/t23?,30-/m0/s1. The number of likely N-dealkylation sites (tertiary alicyclic amines) is 1. The summed E-state index contributed by atoms with van der Waals surface area (Å²) < 4.78 is 17.9. The molecule has 5 rings (SSSR count). The minimum Gasteiger partial charge on any atom is -0.497 e. The van der Waals surface area contributed by atoms with Gasteiger partial charge >= 0.3 is 6.09 Å². The molecule has 2 heterocycles. The Balaban J connectivity index is 1.54. The predicted octanol–water partition coefficient (Wildman–Crippen LogP) is 6.85. The van der Waals surface area contributed by atoms with Crippen LogP contribution < -0.4 is 19.9 Å². The minimum atomic E-state index is -0.922. The van der Waals surface area contributed by atoms with Crippen LogP contribution in [-0.2, 0) is 6.61 Å². The van der Waals surface area contributed by atoms with E-state index in [4.69, 9.17) is 24.9 Å². The molecule has 3 aromatic rings. The first-order valence-corrected chi connectivity index (χ1v) is 14.8. The van der Waals surface area contributed by atoms with Gasteiger partial charge in [0, 0.05) is 12.6 Å². The normalized spacial score (nSPS) is 18.5. The number of amides is 1. The highest BCUT2D eigenvalue weighted by atomic mass is 16.5. The Labute approximate surface area is 253 Å². The molecule has 2 fully saturated rings. The smallest absolute Gasteiger partial charge is 0.407 e. The molecule has 2 aromatic carbocycles. The summed E-state index contributed by atoms with van der Waals surface area (Å²) in [7, 11) is 1.63. The lowest BCUT2D eigenvalue weighted by atomic mass is 9.74. The predicted molar refractivity (Wildman–Crippen MR) is 164 cm³/mol. The number of rotatable bonds is 9. The summed E-state index contributed by atoms with van der Waals surface area (Å²) in [6.45, 7) is 7.45. The number of nitrogens with zero attached hydrogens (tertiary/aromatic N) is 3. The van der Waals surface area contributed by atoms with Gasteiger partial charge in [-0.3, -0.25) is 0 Å². The van der Waals surface area contributed by atoms with E-state index in [0.29, 0.717) is 66.8 Å². The Kier molecular flexibility index (Phi) is 8.67. The molecule has 43 heavy (non-hydrogen) atoms. The van der Waals surface area contributed by atoms with Crippen LogP contribution in [0, 0.1) is 22.7 Å². The number of anilines is 1. The number of nitrogen functional groups attached to an aromatic ring is 1. The van der Waals surface area contributed by atoms with E-state index in [1.807, 2.05) is 69.3 Å². The van der Waals surface area contributed by atoms with Gasteiger partial charge in [-0.2, -0.15) is 5.26 Å². The zero-order valence-corrected chi connectivity index (χ0v) is 25.3. The zero-order valence-electron chi connectivity index (χ0n) is 25.3. The lowest BCUT2D eigenvalue weighted by Crippen LogP contribution is -2.51. The van der Waals surface area contributed by atoms with Crippen LogP contribution in [0.25, 0.3) is 11.3 Å². The van der Waals surface area contributed by atoms with Gasteiger partial charge in [0.15, 0.2) is 0 Å². The van der Waals surface area contributed by atoms with Crippen LogP contribution in [0.3, 0.4) is 0 Å². The minimum absolute atomic E-state index is 0.0678. The Bertz CT molecular complexity index is 1500. The van der Waals surface area contributed by atoms with E-state index in [2.05, 4.69) is 6.07 Å². The molecule has 2 atom stereocenters. The topological polar surface area (TPSA) is 131 Å². The second-order valence-electron chi connectivity index (χ2n) is 12.6. The highest BCUT2D eigenvalue weighted by Gasteiger charge is 2.40. The van der Waals surface area contributed by atoms with E-state index < -0.39 is 6.09 Å². The van der Waals surface area contributed by atoms with Crippen molar-refractivity contribution in [3.8, 4) is 34.6 Å². The van der Waals surface area contributed by atoms with Crippen LogP contribution in [-0.4, -0.2) is 47.4 Å². The third-order valence-electron chi connectivity index (χ3n) is 8.45. The van der Waals surface area contributed by atoms with Crippen molar-refractivity contribution >= 4 is 11.9 Å². The molecule has 1 aliphatic carbocycles. The number of benzene rings is 2. The number of nitriles is 1. The number of pyridine rings is 1. The summed E-state index contributed by atoms with van der Waals surface area (Å²) >= 11 is 0. The number of piperidine rings is 1. The van der Waals surface area contributed by atoms with Gasteiger partial charge in [0.05, 0.1) is 30.5 Å². The van der Waals surface area contributed by atoms with E-state index in [1.54, 1.807) is 7.11 Å². The van der Waals surface area contributed by atoms with Gasteiger partial charge in [-0.05, 0) is 84.4 Å². The molecule has 9 nitrogen and oxygen atoms in total. The molecule has 2 aliphatic rings. The van der Waals surface area contributed by atoms with Crippen LogP contribution in [0.5, 0.6) is 17.2 Å². The lowest BCUT2D eigenvalue weighted by molar-refractivity contribution is 0.0525. The molecule has 9 heteroatoms. The van der Waals surface area contributed by atoms with Gasteiger partial charge in [-0.15, -0.1) is 0 Å². The fourth-order valence-electron chi connectivity index (χ4n) is 5.83. The Morgan fingerprint density at radius 2 is 1.81 bits per heavy atom. The number of hydrogen-bond acceptors (Lipinski definition) is 7. The summed E-state index contributed by atoms with van der Waals surface area (Å²) in [6, 6.07) is 17.4. The Morgan fingerprint density at radius 3 is 2.42 bits per heavy atom. The van der Waals surface area contributed by atoms with Crippen molar-refractivity contribution in [1.82, 2.24) is 9.88 Å². The maximum absolute atomic E-state index is 12.1. The largest absolute Gasteiger partial charge is 0.497 e. The summed E-state index contributed by atoms with van der Waals surface area (Å²) in [6.07, 6.45) is 2.54. The fourth-order valence-corrected chi connectivity index (χ4v) is 5.83. The Hall–Kier alpha value is -4.45. The van der Waals surface area contributed by atoms with Gasteiger partial charge in [0.1, 0.15) is 35.7 Å². The molecular weight excluding hydrogens is 544 g/mol. The maximum Gasteiger partial charge on any atom is 0.407 e. The van der Waals surface area contributed by atoms with Gasteiger partial charge in [0.2, 0.25) is 0 Å². The average molecular weight is 585 g/mol. The van der Waals surface area contributed by atoms with Crippen molar-refractivity contribution in [3.63, 3.8) is 0 Å². The third kappa shape index (κ3) is 6.80. The molecule has 226 valence electrons. The monoisotopic (exact) mass is 584 g/mol. The highest BCUT2D eigenvalue weighted by molar-refractivity contribution is 5.77. The number of aromatic nitrogens is 1. The van der Waals surface area contributed by atoms with Gasteiger partial charge in [-0.1, -0.05) is 39.0 Å². The molecule has 1 aliphatic heterocycles. The lowest BCUT2D eigenvalue weighted by Gasteiger charge is -2.45. The maximum atomic E-state index is 12.1. The molecular formula is C34H40N4O5. The van der Waals surface area contributed by atoms with Crippen molar-refractivity contribution in [1.29, 1.82) is 5.26 Å². The van der Waals surface area contributed by atoms with E-state index in [0.717, 1.165) is 29.7 Å². The molecule has 1 saturated heterocycles. The number of hydrogen-bond donors (Lipinski definition) is 2. The SMILES string of the molecule is COc1ccc(COc2cccc(OCC3CC3)c2-c2cc(C3CCN(C(=O)O)[C@H](C(C)(C)C)C3)c(C#N)c(N)n2)cc1. The number of methoxy groups -OCH3 is 1. The second-order valence-corrected chi connectivity index (χ2v) is 12.6. The molecule has 0 radical (unpaired) electrons. The van der Waals surface area contributed by atoms with E-state index >= 15 is 0 Å². The molecule has 1 amide bonds. The van der Waals surface area contributed by atoms with Gasteiger partial charge in [0.25, 0.3) is 0 Å². The molecule has 1 unspecified atom stereocenters. The van der Waals surface area contributed by atoms with Gasteiger partial charge < -0.3 is 30.0 Å². The number of ether oxygens (including phenoxy) is 3. The van der Waals surface area contributed by atoms with Crippen molar-refractivity contribution in [2.75, 3.05) is 26.0 Å². The Morgan fingerprint density at radius 1 is 1.12 bits per heavy atom. The van der Waals surface area contributed by atoms with Gasteiger partial charge in [-0.25, -0.2) is 9.78 Å². The first-order chi connectivity index (χ1) is 20.6. The zero-order chi connectivity index (χ0) is 30.7. The quantitative estimate of drug-likeness (QED) is 0.279. The molecule has 1 aromatic heterocycles. The first-order valence-electron chi connectivity index (χ1n) is 14.8. The van der Waals surface area contributed by atoms with Crippen LogP contribution in [0.2, 0.25) is 0 Å². The van der Waals surface area contributed by atoms with Crippen LogP contribution >= 0.6 is 0 Å². The molecule has 3 N–H and O–H groups in total. The molecule has 0 spiro atoms. The van der Waals surface area contributed by atoms with Crippen molar-refractivity contribution < 1.29 is 24.1 Å². The van der Waals surface area contributed by atoms with Crippen molar-refractivity contribution in [3.05, 3.63) is 65.2 Å². The van der Waals surface area contributed by atoms with Crippen LogP contribution in [0.4, 0.5) is 10.6 Å². The molecule has 1 saturated carbocycles. The van der Waals surface area contributed by atoms with Crippen molar-refractivity contribution in [2.45, 2.75) is 65.0 Å². The number of nitrogens with two attached hydrogens (primary N) is 1. The second kappa shape index (κ2) is 12.4. The summed E-state index contributed by atoms with van der Waals surface area (Å²) in [4.78, 5) is 18.3. The summed E-state index contributed by atoms with van der Waals surface area (Å²) in [5.41, 5.74) is 9.52. The van der Waals surface area contributed by atoms with Crippen LogP contribution in [0.15, 0.2) is 48.5 Å². The highest BCUT2D eigenvalue weighted by Crippen LogP contribution is 2.44. The first kappa shape index (κ1) is 30.0. The van der Waals surface area contributed by atoms with E-state index in [9.17, 15) is 15.2 Å². The third-order valence-corrected chi connectivity index (χ3v) is 8.45. The van der Waals surface area contributed by atoms with E-state index in [1.165, 1.54) is 4.90 Å². The fraction of sp³-hybridized carbons (Fsp3) is 0.441. The summed E-state index contributed by atoms with van der Waals surface area (Å²) in [5, 5.41) is 20.0. The molecule has 0 bridgehead atoms. The van der Waals surface area contributed by atoms with Crippen molar-refractivity contribution in [2.24, 2.45) is 11.3 Å². The van der Waals surface area contributed by atoms with Crippen LogP contribution in [0.1, 0.15) is 69.1 Å². The summed E-state index contributed by atoms with van der Waals surface area (Å²) in [5.74, 6) is 2.63. The number of carbonyl (C=O) groups is 1. The average Bonchev–Trinajstić information content (AvgIpc) is 3.82. The van der Waals surface area contributed by atoms with E-state index in [-0.39, 0.29) is 23.2 Å².